The largest absolute Gasteiger partial charge is 0.373 e. The minimum Gasteiger partial charge on any atom is -0.373 e. The maximum absolute atomic E-state index is 9.17. The molecule has 1 aliphatic carbocycles. The van der Waals surface area contributed by atoms with Crippen LogP contribution in [0, 0.1) is 11.3 Å². The number of anilines is 1. The second-order valence-electron chi connectivity index (χ2n) is 8.29. The number of nitrogens with zero attached hydrogens (tertiary/aromatic N) is 4. The zero-order valence-electron chi connectivity index (χ0n) is 16.1. The zero-order chi connectivity index (χ0) is 18.9. The Balaban J connectivity index is 1.41. The molecule has 2 heterocycles. The maximum Gasteiger partial charge on any atom is 0.137 e. The number of rotatable bonds is 3. The summed E-state index contributed by atoms with van der Waals surface area (Å²) < 4.78 is 5.86. The number of nitrogens with one attached hydrogen (secondary N) is 1. The van der Waals surface area contributed by atoms with Crippen LogP contribution in [-0.2, 0) is 4.74 Å². The lowest BCUT2D eigenvalue weighted by Crippen LogP contribution is -2.53. The van der Waals surface area contributed by atoms with E-state index in [-0.39, 0.29) is 5.60 Å². The summed E-state index contributed by atoms with van der Waals surface area (Å²) in [6.07, 6.45) is 6.25. The predicted molar refractivity (Wildman–Crippen MR) is 106 cm³/mol. The first-order valence-corrected chi connectivity index (χ1v) is 9.83. The lowest BCUT2D eigenvalue weighted by Gasteiger charge is -2.44. The van der Waals surface area contributed by atoms with Gasteiger partial charge in [0.1, 0.15) is 12.1 Å². The molecule has 2 fully saturated rings. The Bertz CT molecular complexity index is 851. The third-order valence-corrected chi connectivity index (χ3v) is 5.77. The maximum atomic E-state index is 9.17. The molecule has 1 N–H and O–H groups in total. The topological polar surface area (TPSA) is 74.1 Å². The van der Waals surface area contributed by atoms with Gasteiger partial charge in [0, 0.05) is 30.6 Å². The van der Waals surface area contributed by atoms with E-state index in [0.717, 1.165) is 49.3 Å². The average molecular weight is 365 g/mol. The number of benzene rings is 1. The van der Waals surface area contributed by atoms with Gasteiger partial charge in [0.25, 0.3) is 0 Å². The van der Waals surface area contributed by atoms with Crippen molar-refractivity contribution in [1.82, 2.24) is 14.9 Å². The summed E-state index contributed by atoms with van der Waals surface area (Å²) in [6, 6.07) is 8.83. The lowest BCUT2D eigenvalue weighted by molar-refractivity contribution is -0.100. The third kappa shape index (κ3) is 4.05. The molecule has 0 radical (unpaired) electrons. The highest BCUT2D eigenvalue weighted by Gasteiger charge is 2.33. The molecule has 0 spiro atoms. The molecule has 142 valence electrons. The van der Waals surface area contributed by atoms with Gasteiger partial charge in [-0.3, -0.25) is 4.90 Å². The van der Waals surface area contributed by atoms with Crippen LogP contribution in [0.4, 0.5) is 5.82 Å². The van der Waals surface area contributed by atoms with Crippen LogP contribution in [0.3, 0.4) is 0 Å². The first kappa shape index (κ1) is 18.1. The molecule has 1 aromatic carbocycles. The van der Waals surface area contributed by atoms with E-state index >= 15 is 0 Å². The summed E-state index contributed by atoms with van der Waals surface area (Å²) in [5.74, 6) is 0.841. The van der Waals surface area contributed by atoms with E-state index in [4.69, 9.17) is 4.74 Å². The minimum atomic E-state index is -0.0360. The number of hydrogen-bond acceptors (Lipinski definition) is 6. The predicted octanol–water partition coefficient (Wildman–Crippen LogP) is 3.34. The summed E-state index contributed by atoms with van der Waals surface area (Å²) in [4.78, 5) is 11.4. The van der Waals surface area contributed by atoms with Crippen molar-refractivity contribution in [1.29, 1.82) is 5.26 Å². The number of ether oxygens (including phenoxy) is 1. The van der Waals surface area contributed by atoms with Crippen molar-refractivity contribution in [2.75, 3.05) is 25.0 Å². The lowest BCUT2D eigenvalue weighted by atomic mass is 9.89. The van der Waals surface area contributed by atoms with Gasteiger partial charge in [-0.1, -0.05) is 0 Å². The number of morpholine rings is 1. The molecular formula is C21H27N5O. The molecule has 1 aromatic heterocycles. The molecule has 1 aliphatic heterocycles. The molecule has 27 heavy (non-hydrogen) atoms. The highest BCUT2D eigenvalue weighted by atomic mass is 16.5. The Hall–Kier alpha value is -2.23. The summed E-state index contributed by atoms with van der Waals surface area (Å²) in [5.41, 5.74) is 1.47. The second-order valence-corrected chi connectivity index (χ2v) is 8.29. The van der Waals surface area contributed by atoms with Gasteiger partial charge in [0.2, 0.25) is 0 Å². The van der Waals surface area contributed by atoms with E-state index < -0.39 is 0 Å². The fraction of sp³-hybridized carbons (Fsp3) is 0.571. The van der Waals surface area contributed by atoms with Crippen molar-refractivity contribution in [2.24, 2.45) is 0 Å². The van der Waals surface area contributed by atoms with Gasteiger partial charge in [-0.15, -0.1) is 0 Å². The Labute approximate surface area is 160 Å². The Kier molecular flexibility index (Phi) is 4.98. The summed E-state index contributed by atoms with van der Waals surface area (Å²) in [5, 5.41) is 13.7. The van der Waals surface area contributed by atoms with E-state index in [9.17, 15) is 5.26 Å². The molecule has 0 unspecified atom stereocenters. The fourth-order valence-electron chi connectivity index (χ4n) is 4.38. The van der Waals surface area contributed by atoms with Crippen LogP contribution < -0.4 is 5.32 Å². The number of fused-ring (bicyclic) bond motifs is 1. The Morgan fingerprint density at radius 1 is 1.22 bits per heavy atom. The van der Waals surface area contributed by atoms with Gasteiger partial charge in [0.05, 0.1) is 29.4 Å². The van der Waals surface area contributed by atoms with Crippen molar-refractivity contribution in [3.63, 3.8) is 0 Å². The van der Waals surface area contributed by atoms with Crippen molar-refractivity contribution in [3.05, 3.63) is 30.1 Å². The normalized spacial score (nSPS) is 25.8. The molecular weight excluding hydrogens is 338 g/mol. The van der Waals surface area contributed by atoms with Gasteiger partial charge in [-0.2, -0.15) is 5.26 Å². The quantitative estimate of drug-likeness (QED) is 0.899. The number of nitriles is 1. The van der Waals surface area contributed by atoms with E-state index in [1.807, 2.05) is 12.1 Å². The van der Waals surface area contributed by atoms with Crippen molar-refractivity contribution in [2.45, 2.75) is 57.2 Å². The SMILES string of the molecule is CC1(C)CN(C2CCC(Nc3ncnc4ccc(C#N)cc34)CC2)CCO1. The van der Waals surface area contributed by atoms with E-state index in [1.54, 1.807) is 12.4 Å². The van der Waals surface area contributed by atoms with E-state index in [0.29, 0.717) is 17.6 Å². The third-order valence-electron chi connectivity index (χ3n) is 5.77. The van der Waals surface area contributed by atoms with E-state index in [2.05, 4.69) is 40.1 Å². The number of aromatic nitrogens is 2. The van der Waals surface area contributed by atoms with Crippen LogP contribution in [0.25, 0.3) is 10.9 Å². The molecule has 0 atom stereocenters. The van der Waals surface area contributed by atoms with Gasteiger partial charge >= 0.3 is 0 Å². The highest BCUT2D eigenvalue weighted by Crippen LogP contribution is 2.30. The van der Waals surface area contributed by atoms with Crippen LogP contribution in [0.15, 0.2) is 24.5 Å². The standard InChI is InChI=1S/C21H27N5O/c1-21(2)13-26(9-10-27-21)17-6-4-16(5-7-17)25-20-18-11-15(12-22)3-8-19(18)23-14-24-20/h3,8,11,14,16-17H,4-7,9-10,13H2,1-2H3,(H,23,24,25). The molecule has 2 aliphatic rings. The van der Waals surface area contributed by atoms with Crippen molar-refractivity contribution < 1.29 is 4.74 Å². The first-order chi connectivity index (χ1) is 13.0. The van der Waals surface area contributed by atoms with E-state index in [1.165, 1.54) is 12.8 Å². The summed E-state index contributed by atoms with van der Waals surface area (Å²) in [7, 11) is 0. The first-order valence-electron chi connectivity index (χ1n) is 9.83. The van der Waals surface area contributed by atoms with Gasteiger partial charge in [0.15, 0.2) is 0 Å². The minimum absolute atomic E-state index is 0.0360. The molecule has 6 nitrogen and oxygen atoms in total. The fourth-order valence-corrected chi connectivity index (χ4v) is 4.38. The monoisotopic (exact) mass is 365 g/mol. The van der Waals surface area contributed by atoms with Crippen molar-refractivity contribution in [3.8, 4) is 6.07 Å². The van der Waals surface area contributed by atoms with Crippen LogP contribution in [-0.4, -0.2) is 52.2 Å². The highest BCUT2D eigenvalue weighted by molar-refractivity contribution is 5.89. The number of hydrogen-bond donors (Lipinski definition) is 1. The molecule has 2 aromatic rings. The average Bonchev–Trinajstić information content (AvgIpc) is 2.68. The molecule has 0 amide bonds. The molecule has 0 bridgehead atoms. The van der Waals surface area contributed by atoms with Crippen LogP contribution in [0.1, 0.15) is 45.1 Å². The molecule has 1 saturated carbocycles. The second kappa shape index (κ2) is 7.41. The Morgan fingerprint density at radius 2 is 2.04 bits per heavy atom. The molecule has 1 saturated heterocycles. The summed E-state index contributed by atoms with van der Waals surface area (Å²) in [6.45, 7) is 7.26. The van der Waals surface area contributed by atoms with Gasteiger partial charge in [-0.25, -0.2) is 9.97 Å². The van der Waals surface area contributed by atoms with Crippen LogP contribution >= 0.6 is 0 Å². The smallest absolute Gasteiger partial charge is 0.137 e. The summed E-state index contributed by atoms with van der Waals surface area (Å²) >= 11 is 0. The Morgan fingerprint density at radius 3 is 2.78 bits per heavy atom. The molecule has 6 heteroatoms. The zero-order valence-corrected chi connectivity index (χ0v) is 16.1. The van der Waals surface area contributed by atoms with Crippen LogP contribution in [0.5, 0.6) is 0 Å². The van der Waals surface area contributed by atoms with Crippen molar-refractivity contribution >= 4 is 16.7 Å². The van der Waals surface area contributed by atoms with Gasteiger partial charge in [-0.05, 0) is 57.7 Å². The van der Waals surface area contributed by atoms with Gasteiger partial charge < -0.3 is 10.1 Å². The molecule has 4 rings (SSSR count). The van der Waals surface area contributed by atoms with Crippen LogP contribution in [0.2, 0.25) is 0 Å².